The molecular weight excluding hydrogens is 284 g/mol. The van der Waals surface area contributed by atoms with Crippen molar-refractivity contribution in [3.8, 4) is 11.3 Å². The number of aromatic nitrogens is 2. The first-order valence-electron chi connectivity index (χ1n) is 5.71. The summed E-state index contributed by atoms with van der Waals surface area (Å²) in [7, 11) is -3.46. The topological polar surface area (TPSA) is 98.0 Å². The first kappa shape index (κ1) is 14.1. The molecule has 0 aliphatic rings. The van der Waals surface area contributed by atoms with Crippen LogP contribution in [0.3, 0.4) is 0 Å². The van der Waals surface area contributed by atoms with E-state index in [4.69, 9.17) is 5.73 Å². The van der Waals surface area contributed by atoms with E-state index in [0.29, 0.717) is 19.5 Å². The summed E-state index contributed by atoms with van der Waals surface area (Å²) in [6.07, 6.45) is 0.613. The van der Waals surface area contributed by atoms with Crippen LogP contribution in [0.5, 0.6) is 0 Å². The molecule has 0 aliphatic heterocycles. The lowest BCUT2D eigenvalue weighted by molar-refractivity contribution is 0.579. The molecule has 2 aromatic rings. The predicted octanol–water partition coefficient (Wildman–Crippen LogP) is 0.832. The Bertz CT molecular complexity index is 609. The highest BCUT2D eigenvalue weighted by molar-refractivity contribution is 7.89. The van der Waals surface area contributed by atoms with E-state index in [2.05, 4.69) is 14.3 Å². The molecule has 0 amide bonds. The van der Waals surface area contributed by atoms with Crippen LogP contribution >= 0.6 is 11.5 Å². The van der Waals surface area contributed by atoms with Gasteiger partial charge in [0.2, 0.25) is 10.0 Å². The zero-order chi connectivity index (χ0) is 13.7. The van der Waals surface area contributed by atoms with Crippen LogP contribution in [0.25, 0.3) is 11.3 Å². The largest absolute Gasteiger partial charge is 0.330 e. The van der Waals surface area contributed by atoms with E-state index in [1.807, 2.05) is 5.38 Å². The lowest BCUT2D eigenvalue weighted by Crippen LogP contribution is -2.26. The maximum Gasteiger partial charge on any atom is 0.240 e. The Kier molecular flexibility index (Phi) is 4.59. The van der Waals surface area contributed by atoms with Crippen LogP contribution in [0.15, 0.2) is 34.5 Å². The van der Waals surface area contributed by atoms with Crippen molar-refractivity contribution in [3.05, 3.63) is 29.6 Å². The standard InChI is InChI=1S/C11H14N4O2S2/c12-6-1-7-13-19(16,17)10-4-2-9(3-5-10)11-8-18-15-14-11/h2-5,8,13H,1,6-7,12H2. The SMILES string of the molecule is NCCCNS(=O)(=O)c1ccc(-c2csnn2)cc1. The summed E-state index contributed by atoms with van der Waals surface area (Å²) in [4.78, 5) is 0.233. The van der Waals surface area contributed by atoms with E-state index < -0.39 is 10.0 Å². The highest BCUT2D eigenvalue weighted by Gasteiger charge is 2.13. The normalized spacial score (nSPS) is 11.6. The second-order valence-electron chi connectivity index (χ2n) is 3.85. The molecule has 0 radical (unpaired) electrons. The number of nitrogens with one attached hydrogen (secondary N) is 1. The maximum atomic E-state index is 11.9. The fourth-order valence-corrected chi connectivity index (χ4v) is 3.03. The van der Waals surface area contributed by atoms with Gasteiger partial charge in [0.15, 0.2) is 0 Å². The van der Waals surface area contributed by atoms with Gasteiger partial charge in [0.05, 0.1) is 4.90 Å². The van der Waals surface area contributed by atoms with Crippen LogP contribution < -0.4 is 10.5 Å². The van der Waals surface area contributed by atoms with Crippen molar-refractivity contribution >= 4 is 21.6 Å². The summed E-state index contributed by atoms with van der Waals surface area (Å²) in [5, 5.41) is 5.74. The van der Waals surface area contributed by atoms with Gasteiger partial charge in [0.1, 0.15) is 5.69 Å². The van der Waals surface area contributed by atoms with Crippen molar-refractivity contribution in [1.82, 2.24) is 14.3 Å². The smallest absolute Gasteiger partial charge is 0.240 e. The Morgan fingerprint density at radius 2 is 2.00 bits per heavy atom. The van der Waals surface area contributed by atoms with Gasteiger partial charge in [-0.05, 0) is 36.6 Å². The Morgan fingerprint density at radius 3 is 2.58 bits per heavy atom. The highest BCUT2D eigenvalue weighted by Crippen LogP contribution is 2.19. The quantitative estimate of drug-likeness (QED) is 0.770. The summed E-state index contributed by atoms with van der Waals surface area (Å²) >= 11 is 1.25. The zero-order valence-corrected chi connectivity index (χ0v) is 11.7. The van der Waals surface area contributed by atoms with E-state index in [1.54, 1.807) is 24.3 Å². The number of nitrogens with zero attached hydrogens (tertiary/aromatic N) is 2. The van der Waals surface area contributed by atoms with Crippen LogP contribution in [-0.4, -0.2) is 31.1 Å². The van der Waals surface area contributed by atoms with Crippen molar-refractivity contribution in [3.63, 3.8) is 0 Å². The fourth-order valence-electron chi connectivity index (χ4n) is 1.49. The summed E-state index contributed by atoms with van der Waals surface area (Å²) in [5.41, 5.74) is 6.91. The lowest BCUT2D eigenvalue weighted by Gasteiger charge is -2.06. The van der Waals surface area contributed by atoms with Crippen molar-refractivity contribution in [2.45, 2.75) is 11.3 Å². The molecule has 19 heavy (non-hydrogen) atoms. The molecule has 1 aromatic heterocycles. The van der Waals surface area contributed by atoms with E-state index in [0.717, 1.165) is 11.3 Å². The molecule has 0 saturated carbocycles. The minimum absolute atomic E-state index is 0.233. The van der Waals surface area contributed by atoms with Gasteiger partial charge in [0, 0.05) is 17.5 Å². The molecule has 102 valence electrons. The molecule has 1 aromatic carbocycles. The molecule has 0 atom stereocenters. The number of rotatable bonds is 6. The van der Waals surface area contributed by atoms with Crippen molar-refractivity contribution in [2.24, 2.45) is 5.73 Å². The van der Waals surface area contributed by atoms with E-state index in [9.17, 15) is 8.42 Å². The molecule has 3 N–H and O–H groups in total. The van der Waals surface area contributed by atoms with E-state index in [-0.39, 0.29) is 4.90 Å². The Balaban J connectivity index is 2.14. The average molecular weight is 298 g/mol. The minimum atomic E-state index is -3.46. The van der Waals surface area contributed by atoms with Crippen molar-refractivity contribution in [2.75, 3.05) is 13.1 Å². The number of hydrogen-bond acceptors (Lipinski definition) is 6. The Hall–Kier alpha value is -1.35. The van der Waals surface area contributed by atoms with E-state index in [1.165, 1.54) is 11.5 Å². The second-order valence-corrected chi connectivity index (χ2v) is 6.23. The van der Waals surface area contributed by atoms with Crippen molar-refractivity contribution in [1.29, 1.82) is 0 Å². The van der Waals surface area contributed by atoms with Gasteiger partial charge in [-0.1, -0.05) is 16.6 Å². The van der Waals surface area contributed by atoms with Gasteiger partial charge < -0.3 is 5.73 Å². The molecule has 8 heteroatoms. The third-order valence-electron chi connectivity index (χ3n) is 2.49. The molecule has 0 unspecified atom stereocenters. The predicted molar refractivity (Wildman–Crippen MR) is 74.2 cm³/mol. The number of hydrogen-bond donors (Lipinski definition) is 2. The molecule has 0 aliphatic carbocycles. The van der Waals surface area contributed by atoms with Crippen molar-refractivity contribution < 1.29 is 8.42 Å². The Labute approximate surface area is 115 Å². The molecule has 6 nitrogen and oxygen atoms in total. The highest BCUT2D eigenvalue weighted by atomic mass is 32.2. The molecule has 0 spiro atoms. The summed E-state index contributed by atoms with van der Waals surface area (Å²) in [6, 6.07) is 6.54. The van der Waals surface area contributed by atoms with E-state index >= 15 is 0 Å². The van der Waals surface area contributed by atoms with Crippen LogP contribution in [0.4, 0.5) is 0 Å². The number of nitrogens with two attached hydrogens (primary N) is 1. The van der Waals surface area contributed by atoms with Gasteiger partial charge in [-0.3, -0.25) is 0 Å². The van der Waals surface area contributed by atoms with Crippen LogP contribution in [0.2, 0.25) is 0 Å². The van der Waals surface area contributed by atoms with Gasteiger partial charge in [-0.25, -0.2) is 13.1 Å². The average Bonchev–Trinajstić information content (AvgIpc) is 2.93. The van der Waals surface area contributed by atoms with Gasteiger partial charge in [0.25, 0.3) is 0 Å². The molecule has 0 saturated heterocycles. The third kappa shape index (κ3) is 3.57. The van der Waals surface area contributed by atoms with Crippen LogP contribution in [-0.2, 0) is 10.0 Å². The van der Waals surface area contributed by atoms with Gasteiger partial charge in [-0.15, -0.1) is 5.10 Å². The maximum absolute atomic E-state index is 11.9. The second kappa shape index (κ2) is 6.20. The monoisotopic (exact) mass is 298 g/mol. The lowest BCUT2D eigenvalue weighted by atomic mass is 10.2. The molecular formula is C11H14N4O2S2. The molecule has 0 bridgehead atoms. The van der Waals surface area contributed by atoms with Crippen LogP contribution in [0.1, 0.15) is 6.42 Å². The third-order valence-corrected chi connectivity index (χ3v) is 4.47. The zero-order valence-electron chi connectivity index (χ0n) is 10.1. The van der Waals surface area contributed by atoms with Gasteiger partial charge >= 0.3 is 0 Å². The summed E-state index contributed by atoms with van der Waals surface area (Å²) in [5.74, 6) is 0. The van der Waals surface area contributed by atoms with Gasteiger partial charge in [-0.2, -0.15) is 0 Å². The first-order chi connectivity index (χ1) is 9.13. The number of sulfonamides is 1. The number of benzene rings is 1. The first-order valence-corrected chi connectivity index (χ1v) is 8.03. The summed E-state index contributed by atoms with van der Waals surface area (Å²) in [6.45, 7) is 0.800. The van der Waals surface area contributed by atoms with Crippen LogP contribution in [0, 0.1) is 0 Å². The molecule has 0 fully saturated rings. The Morgan fingerprint density at radius 1 is 1.26 bits per heavy atom. The molecule has 2 rings (SSSR count). The summed E-state index contributed by atoms with van der Waals surface area (Å²) < 4.78 is 30.1. The fraction of sp³-hybridized carbons (Fsp3) is 0.273. The minimum Gasteiger partial charge on any atom is -0.330 e. The molecule has 1 heterocycles.